The van der Waals surface area contributed by atoms with Crippen molar-refractivity contribution >= 4 is 0 Å². The van der Waals surface area contributed by atoms with Gasteiger partial charge in [-0.25, -0.2) is 0 Å². The first-order valence-electron chi connectivity index (χ1n) is 9.90. The van der Waals surface area contributed by atoms with Gasteiger partial charge in [0.1, 0.15) is 0 Å². The van der Waals surface area contributed by atoms with E-state index in [0.717, 1.165) is 25.7 Å². The van der Waals surface area contributed by atoms with Crippen molar-refractivity contribution in [1.29, 1.82) is 0 Å². The molecule has 136 valence electrons. The molecule has 0 aromatic heterocycles. The molecule has 0 aromatic rings. The van der Waals surface area contributed by atoms with Crippen molar-refractivity contribution in [2.24, 2.45) is 34.5 Å². The topological polar surface area (TPSA) is 49.7 Å². The van der Waals surface area contributed by atoms with Gasteiger partial charge in [0.25, 0.3) is 0 Å². The maximum absolute atomic E-state index is 11.3. The molecule has 4 aliphatic carbocycles. The fraction of sp³-hybridized carbons (Fsp3) is 0.905. The summed E-state index contributed by atoms with van der Waals surface area (Å²) < 4.78 is 5.86. The van der Waals surface area contributed by atoms with Crippen molar-refractivity contribution in [3.8, 4) is 0 Å². The third kappa shape index (κ3) is 2.07. The Morgan fingerprint density at radius 1 is 1.04 bits per heavy atom. The fourth-order valence-corrected chi connectivity index (χ4v) is 7.42. The molecule has 0 aliphatic heterocycles. The lowest BCUT2D eigenvalue weighted by Crippen LogP contribution is -2.64. The minimum Gasteiger partial charge on any atom is -0.393 e. The number of aliphatic hydroxyl groups excluding tert-OH is 2. The number of methoxy groups -OCH3 is 1. The van der Waals surface area contributed by atoms with Crippen molar-refractivity contribution in [3.63, 3.8) is 0 Å². The van der Waals surface area contributed by atoms with Crippen molar-refractivity contribution in [2.45, 2.75) is 77.1 Å². The van der Waals surface area contributed by atoms with Crippen LogP contribution >= 0.6 is 0 Å². The Hall–Kier alpha value is -0.380. The maximum atomic E-state index is 11.3. The molecule has 0 amide bonds. The second-order valence-electron chi connectivity index (χ2n) is 9.62. The molecule has 0 spiro atoms. The van der Waals surface area contributed by atoms with Gasteiger partial charge in [0.15, 0.2) is 0 Å². The molecule has 4 fully saturated rings. The SMILES string of the molecule is C=C1CCC2C3C(CC[C@]12C)[C@@]1(C)CC[C@H](O)CC1[C@@H](OC)[C@@H]3O. The van der Waals surface area contributed by atoms with E-state index in [1.54, 1.807) is 7.11 Å². The van der Waals surface area contributed by atoms with E-state index in [2.05, 4.69) is 20.4 Å². The first-order valence-corrected chi connectivity index (χ1v) is 9.90. The van der Waals surface area contributed by atoms with E-state index in [-0.39, 0.29) is 29.0 Å². The van der Waals surface area contributed by atoms with Crippen LogP contribution < -0.4 is 0 Å². The van der Waals surface area contributed by atoms with Gasteiger partial charge in [-0.05, 0) is 79.4 Å². The zero-order valence-corrected chi connectivity index (χ0v) is 15.5. The zero-order chi connectivity index (χ0) is 17.3. The molecule has 9 atom stereocenters. The molecule has 4 unspecified atom stereocenters. The fourth-order valence-electron chi connectivity index (χ4n) is 7.42. The molecule has 2 N–H and O–H groups in total. The average molecular weight is 334 g/mol. The van der Waals surface area contributed by atoms with Gasteiger partial charge >= 0.3 is 0 Å². The van der Waals surface area contributed by atoms with E-state index >= 15 is 0 Å². The number of hydrogen-bond donors (Lipinski definition) is 2. The third-order valence-electron chi connectivity index (χ3n) is 8.92. The van der Waals surface area contributed by atoms with Gasteiger partial charge in [0.05, 0.1) is 18.3 Å². The first-order chi connectivity index (χ1) is 11.3. The van der Waals surface area contributed by atoms with E-state index in [1.807, 2.05) is 0 Å². The average Bonchev–Trinajstić information content (AvgIpc) is 2.85. The van der Waals surface area contributed by atoms with Crippen molar-refractivity contribution in [3.05, 3.63) is 12.2 Å². The number of hydrogen-bond acceptors (Lipinski definition) is 3. The normalized spacial score (nSPS) is 57.2. The summed E-state index contributed by atoms with van der Waals surface area (Å²) in [4.78, 5) is 0. The van der Waals surface area contributed by atoms with E-state index in [9.17, 15) is 10.2 Å². The molecule has 3 heteroatoms. The van der Waals surface area contributed by atoms with Crippen LogP contribution in [0.15, 0.2) is 12.2 Å². The number of aliphatic hydroxyl groups is 2. The van der Waals surface area contributed by atoms with Crippen LogP contribution in [-0.4, -0.2) is 35.6 Å². The Labute approximate surface area is 146 Å². The number of ether oxygens (including phenoxy) is 1. The summed E-state index contributed by atoms with van der Waals surface area (Å²) in [6.45, 7) is 9.18. The van der Waals surface area contributed by atoms with Gasteiger partial charge in [-0.15, -0.1) is 0 Å². The molecule has 4 aliphatic rings. The number of rotatable bonds is 1. The van der Waals surface area contributed by atoms with Crippen LogP contribution in [0.4, 0.5) is 0 Å². The molecular weight excluding hydrogens is 300 g/mol. The molecule has 3 nitrogen and oxygen atoms in total. The second kappa shape index (κ2) is 5.56. The highest BCUT2D eigenvalue weighted by Gasteiger charge is 2.64. The summed E-state index contributed by atoms with van der Waals surface area (Å²) >= 11 is 0. The summed E-state index contributed by atoms with van der Waals surface area (Å²) in [5.41, 5.74) is 1.80. The predicted octanol–water partition coefficient (Wildman–Crippen LogP) is 3.54. The summed E-state index contributed by atoms with van der Waals surface area (Å²) in [6.07, 6.45) is 6.67. The first kappa shape index (κ1) is 17.1. The van der Waals surface area contributed by atoms with Crippen LogP contribution in [0.5, 0.6) is 0 Å². The highest BCUT2D eigenvalue weighted by atomic mass is 16.5. The van der Waals surface area contributed by atoms with Crippen LogP contribution in [0.2, 0.25) is 0 Å². The molecule has 0 heterocycles. The van der Waals surface area contributed by atoms with Crippen molar-refractivity contribution < 1.29 is 14.9 Å². The van der Waals surface area contributed by atoms with Crippen molar-refractivity contribution in [2.75, 3.05) is 7.11 Å². The molecule has 0 aromatic carbocycles. The molecule has 0 saturated heterocycles. The molecular formula is C21H34O3. The van der Waals surface area contributed by atoms with E-state index in [1.165, 1.54) is 24.8 Å². The minimum absolute atomic E-state index is 0.137. The lowest BCUT2D eigenvalue weighted by atomic mass is 9.43. The summed E-state index contributed by atoms with van der Waals surface area (Å²) in [6, 6.07) is 0. The third-order valence-corrected chi connectivity index (χ3v) is 8.92. The van der Waals surface area contributed by atoms with Crippen LogP contribution in [-0.2, 0) is 4.74 Å². The minimum atomic E-state index is -0.404. The Kier molecular flexibility index (Phi) is 3.95. The number of fused-ring (bicyclic) bond motifs is 5. The Bertz CT molecular complexity index is 531. The molecule has 24 heavy (non-hydrogen) atoms. The Morgan fingerprint density at radius 3 is 2.50 bits per heavy atom. The predicted molar refractivity (Wildman–Crippen MR) is 94.4 cm³/mol. The van der Waals surface area contributed by atoms with E-state index in [0.29, 0.717) is 17.8 Å². The van der Waals surface area contributed by atoms with Gasteiger partial charge in [-0.2, -0.15) is 0 Å². The summed E-state index contributed by atoms with van der Waals surface area (Å²) in [5, 5.41) is 21.6. The maximum Gasteiger partial charge on any atom is 0.0867 e. The van der Waals surface area contributed by atoms with Crippen LogP contribution in [0.1, 0.15) is 58.8 Å². The van der Waals surface area contributed by atoms with Crippen LogP contribution in [0, 0.1) is 34.5 Å². The zero-order valence-electron chi connectivity index (χ0n) is 15.5. The quantitative estimate of drug-likeness (QED) is 0.721. The van der Waals surface area contributed by atoms with E-state index in [4.69, 9.17) is 4.74 Å². The Balaban J connectivity index is 1.74. The highest BCUT2D eigenvalue weighted by molar-refractivity contribution is 5.23. The van der Waals surface area contributed by atoms with Crippen molar-refractivity contribution in [1.82, 2.24) is 0 Å². The van der Waals surface area contributed by atoms with Gasteiger partial charge in [0.2, 0.25) is 0 Å². The molecule has 4 rings (SSSR count). The van der Waals surface area contributed by atoms with Gasteiger partial charge < -0.3 is 14.9 Å². The van der Waals surface area contributed by atoms with E-state index < -0.39 is 6.10 Å². The standard InChI is InChI=1S/C21H34O3/c1-12-5-6-14-17-15(8-10-20(12,14)2)21(3)9-7-13(22)11-16(21)19(24-4)18(17)23/h13-19,22-23H,1,5-11H2,2-4H3/t13-,14?,15?,16?,17?,18+,19+,20+,21+/m0/s1. The van der Waals surface area contributed by atoms with Gasteiger partial charge in [0, 0.05) is 7.11 Å². The smallest absolute Gasteiger partial charge is 0.0867 e. The number of allylic oxidation sites excluding steroid dienone is 1. The second-order valence-corrected chi connectivity index (χ2v) is 9.62. The van der Waals surface area contributed by atoms with Gasteiger partial charge in [-0.3, -0.25) is 0 Å². The Morgan fingerprint density at radius 2 is 1.79 bits per heavy atom. The summed E-state index contributed by atoms with van der Waals surface area (Å²) in [7, 11) is 1.74. The monoisotopic (exact) mass is 334 g/mol. The molecule has 4 saturated carbocycles. The molecule has 0 bridgehead atoms. The highest BCUT2D eigenvalue weighted by Crippen LogP contribution is 2.67. The largest absolute Gasteiger partial charge is 0.393 e. The lowest BCUT2D eigenvalue weighted by molar-refractivity contribution is -0.225. The lowest BCUT2D eigenvalue weighted by Gasteiger charge is -2.63. The molecule has 0 radical (unpaired) electrons. The summed E-state index contributed by atoms with van der Waals surface area (Å²) in [5.74, 6) is 1.70. The van der Waals surface area contributed by atoms with Crippen LogP contribution in [0.3, 0.4) is 0 Å². The van der Waals surface area contributed by atoms with Crippen LogP contribution in [0.25, 0.3) is 0 Å². The van der Waals surface area contributed by atoms with Gasteiger partial charge in [-0.1, -0.05) is 26.0 Å².